The van der Waals surface area contributed by atoms with Crippen molar-refractivity contribution in [3.8, 4) is 0 Å². The van der Waals surface area contributed by atoms with Gasteiger partial charge in [0.1, 0.15) is 13.2 Å². The lowest BCUT2D eigenvalue weighted by Crippen LogP contribution is -2.30. The predicted octanol–water partition coefficient (Wildman–Crippen LogP) is 22.6. The van der Waals surface area contributed by atoms with Crippen molar-refractivity contribution < 1.29 is 28.6 Å². The van der Waals surface area contributed by atoms with Gasteiger partial charge in [-0.1, -0.05) is 328 Å². The lowest BCUT2D eigenvalue weighted by Gasteiger charge is -2.18. The summed E-state index contributed by atoms with van der Waals surface area (Å²) in [4.78, 5) is 38.3. The van der Waals surface area contributed by atoms with Gasteiger partial charge >= 0.3 is 17.9 Å². The molecule has 0 spiro atoms. The number of unbranched alkanes of at least 4 members (excludes halogenated alkanes) is 47. The van der Waals surface area contributed by atoms with Gasteiger partial charge in [-0.3, -0.25) is 14.4 Å². The van der Waals surface area contributed by atoms with Crippen LogP contribution in [0.2, 0.25) is 0 Å². The van der Waals surface area contributed by atoms with Crippen molar-refractivity contribution >= 4 is 17.9 Å². The molecule has 0 aliphatic carbocycles. The van der Waals surface area contributed by atoms with Crippen LogP contribution in [0.3, 0.4) is 0 Å². The summed E-state index contributed by atoms with van der Waals surface area (Å²) in [5, 5.41) is 0. The molecule has 6 heteroatoms. The number of carbonyl (C=O) groups is 3. The minimum Gasteiger partial charge on any atom is -0.462 e. The molecule has 0 saturated carbocycles. The second kappa shape index (κ2) is 63.4. The van der Waals surface area contributed by atoms with Crippen LogP contribution in [0.4, 0.5) is 0 Å². The first-order chi connectivity index (χ1) is 36.5. The van der Waals surface area contributed by atoms with Crippen LogP contribution in [-0.4, -0.2) is 37.2 Å². The van der Waals surface area contributed by atoms with E-state index >= 15 is 0 Å². The van der Waals surface area contributed by atoms with Gasteiger partial charge in [0.2, 0.25) is 0 Å². The van der Waals surface area contributed by atoms with Gasteiger partial charge in [-0.2, -0.15) is 0 Å². The van der Waals surface area contributed by atoms with E-state index in [1.807, 2.05) is 0 Å². The Balaban J connectivity index is 4.18. The van der Waals surface area contributed by atoms with Crippen molar-refractivity contribution in [2.24, 2.45) is 0 Å². The van der Waals surface area contributed by atoms with Gasteiger partial charge in [-0.25, -0.2) is 0 Å². The Morgan fingerprint density at radius 2 is 0.486 bits per heavy atom. The summed E-state index contributed by atoms with van der Waals surface area (Å²) in [6.07, 6.45) is 76.3. The molecule has 74 heavy (non-hydrogen) atoms. The summed E-state index contributed by atoms with van der Waals surface area (Å²) in [5.74, 6) is -0.858. The van der Waals surface area contributed by atoms with Gasteiger partial charge in [-0.15, -0.1) is 0 Å². The summed E-state index contributed by atoms with van der Waals surface area (Å²) >= 11 is 0. The first-order valence-electron chi connectivity index (χ1n) is 33.3. The molecule has 0 heterocycles. The van der Waals surface area contributed by atoms with Gasteiger partial charge in [-0.05, 0) is 51.4 Å². The number of ether oxygens (including phenoxy) is 3. The standard InChI is InChI=1S/C68H128O6/c1-4-7-10-13-16-19-22-25-27-29-30-31-32-33-34-35-36-37-38-39-41-43-46-49-52-55-58-61-67(70)73-64-65(63-72-66(69)60-57-54-51-48-45-42-24-21-18-15-12-9-6-3)74-68(71)62-59-56-53-50-47-44-40-28-26-23-20-17-14-11-8-5-2/h20,23,28,40,65H,4-19,21-22,24-27,29-39,41-64H2,1-3H3/b23-20-,40-28-. The Labute approximate surface area is 462 Å². The van der Waals surface area contributed by atoms with Crippen LogP contribution < -0.4 is 0 Å². The molecule has 0 aromatic carbocycles. The molecule has 0 radical (unpaired) electrons. The van der Waals surface area contributed by atoms with E-state index in [2.05, 4.69) is 45.1 Å². The monoisotopic (exact) mass is 1040 g/mol. The van der Waals surface area contributed by atoms with Crippen LogP contribution in [-0.2, 0) is 28.6 Å². The van der Waals surface area contributed by atoms with Crippen LogP contribution in [0.25, 0.3) is 0 Å². The normalized spacial score (nSPS) is 12.1. The lowest BCUT2D eigenvalue weighted by molar-refractivity contribution is -0.167. The minimum absolute atomic E-state index is 0.0711. The summed E-state index contributed by atoms with van der Waals surface area (Å²) in [7, 11) is 0. The highest BCUT2D eigenvalue weighted by Crippen LogP contribution is 2.18. The summed E-state index contributed by atoms with van der Waals surface area (Å²) in [5.41, 5.74) is 0. The summed E-state index contributed by atoms with van der Waals surface area (Å²) in [6, 6.07) is 0. The average Bonchev–Trinajstić information content (AvgIpc) is 3.40. The molecule has 6 nitrogen and oxygen atoms in total. The molecule has 0 bridgehead atoms. The molecule has 0 N–H and O–H groups in total. The van der Waals surface area contributed by atoms with E-state index in [4.69, 9.17) is 14.2 Å². The number of carbonyl (C=O) groups excluding carboxylic acids is 3. The topological polar surface area (TPSA) is 78.9 Å². The molecular weight excluding hydrogens is 913 g/mol. The Kier molecular flexibility index (Phi) is 61.6. The maximum absolute atomic E-state index is 12.9. The smallest absolute Gasteiger partial charge is 0.306 e. The molecule has 0 saturated heterocycles. The summed E-state index contributed by atoms with van der Waals surface area (Å²) < 4.78 is 16.9. The Morgan fingerprint density at radius 3 is 0.757 bits per heavy atom. The molecule has 0 aliphatic rings. The van der Waals surface area contributed by atoms with Crippen molar-refractivity contribution in [1.82, 2.24) is 0 Å². The quantitative estimate of drug-likeness (QED) is 0.0261. The minimum atomic E-state index is -0.775. The van der Waals surface area contributed by atoms with Crippen LogP contribution in [0.1, 0.15) is 374 Å². The van der Waals surface area contributed by atoms with Gasteiger partial charge in [0.05, 0.1) is 0 Å². The zero-order chi connectivity index (χ0) is 53.6. The summed E-state index contributed by atoms with van der Waals surface area (Å²) in [6.45, 7) is 6.68. The average molecular weight is 1040 g/mol. The highest BCUT2D eigenvalue weighted by atomic mass is 16.6. The molecule has 0 aliphatic heterocycles. The Hall–Kier alpha value is -2.11. The molecule has 436 valence electrons. The highest BCUT2D eigenvalue weighted by molar-refractivity contribution is 5.71. The first kappa shape index (κ1) is 71.9. The molecule has 0 fully saturated rings. The second-order valence-electron chi connectivity index (χ2n) is 22.7. The van der Waals surface area contributed by atoms with Gasteiger partial charge in [0, 0.05) is 19.3 Å². The fourth-order valence-electron chi connectivity index (χ4n) is 10.2. The number of hydrogen-bond acceptors (Lipinski definition) is 6. The zero-order valence-electron chi connectivity index (χ0n) is 50.1. The molecule has 1 atom stereocenters. The van der Waals surface area contributed by atoms with E-state index < -0.39 is 6.10 Å². The molecule has 0 amide bonds. The van der Waals surface area contributed by atoms with E-state index in [-0.39, 0.29) is 31.1 Å². The van der Waals surface area contributed by atoms with Crippen molar-refractivity contribution in [1.29, 1.82) is 0 Å². The first-order valence-corrected chi connectivity index (χ1v) is 33.3. The third-order valence-electron chi connectivity index (χ3n) is 15.2. The van der Waals surface area contributed by atoms with Crippen LogP contribution in [0.15, 0.2) is 24.3 Å². The third-order valence-corrected chi connectivity index (χ3v) is 15.2. The van der Waals surface area contributed by atoms with Gasteiger partial charge in [0.25, 0.3) is 0 Å². The fourth-order valence-corrected chi connectivity index (χ4v) is 10.2. The maximum Gasteiger partial charge on any atom is 0.306 e. The molecular formula is C68H128O6. The fraction of sp³-hybridized carbons (Fsp3) is 0.897. The van der Waals surface area contributed by atoms with E-state index in [9.17, 15) is 14.4 Å². The third kappa shape index (κ3) is 60.8. The van der Waals surface area contributed by atoms with E-state index in [0.29, 0.717) is 19.3 Å². The number of esters is 3. The van der Waals surface area contributed by atoms with Crippen molar-refractivity contribution in [2.45, 2.75) is 380 Å². The van der Waals surface area contributed by atoms with E-state index in [0.717, 1.165) is 77.0 Å². The highest BCUT2D eigenvalue weighted by Gasteiger charge is 2.19. The van der Waals surface area contributed by atoms with Crippen molar-refractivity contribution in [2.75, 3.05) is 13.2 Å². The van der Waals surface area contributed by atoms with Crippen LogP contribution in [0, 0.1) is 0 Å². The van der Waals surface area contributed by atoms with Gasteiger partial charge < -0.3 is 14.2 Å². The van der Waals surface area contributed by atoms with Crippen LogP contribution >= 0.6 is 0 Å². The van der Waals surface area contributed by atoms with E-state index in [1.54, 1.807) is 0 Å². The van der Waals surface area contributed by atoms with Gasteiger partial charge in [0.15, 0.2) is 6.10 Å². The Morgan fingerprint density at radius 1 is 0.270 bits per heavy atom. The molecule has 0 aromatic rings. The zero-order valence-corrected chi connectivity index (χ0v) is 50.1. The molecule has 1 unspecified atom stereocenters. The number of rotatable bonds is 62. The number of hydrogen-bond donors (Lipinski definition) is 0. The number of allylic oxidation sites excluding steroid dienone is 4. The maximum atomic E-state index is 12.9. The predicted molar refractivity (Wildman–Crippen MR) is 321 cm³/mol. The lowest BCUT2D eigenvalue weighted by atomic mass is 10.0. The second-order valence-corrected chi connectivity index (χ2v) is 22.7. The SMILES string of the molecule is CCCCCC/C=C\C/C=C\CCCCCCCC(=O)OC(COC(=O)CCCCCCCCCCCCCCC)COC(=O)CCCCCCCCCCCCCCCCCCCCCCCCCCCCC. The van der Waals surface area contributed by atoms with E-state index in [1.165, 1.54) is 257 Å². The van der Waals surface area contributed by atoms with Crippen LogP contribution in [0.5, 0.6) is 0 Å². The largest absolute Gasteiger partial charge is 0.462 e. The molecule has 0 aromatic heterocycles. The van der Waals surface area contributed by atoms with Crippen molar-refractivity contribution in [3.05, 3.63) is 24.3 Å². The molecule has 0 rings (SSSR count). The Bertz CT molecular complexity index is 1190. The van der Waals surface area contributed by atoms with Crippen molar-refractivity contribution in [3.63, 3.8) is 0 Å².